The molecule has 2 amide bonds. The van der Waals surface area contributed by atoms with Crippen LogP contribution in [0.1, 0.15) is 47.1 Å². The maximum absolute atomic E-state index is 12.8. The van der Waals surface area contributed by atoms with Crippen LogP contribution in [0.2, 0.25) is 0 Å². The zero-order chi connectivity index (χ0) is 21.0. The fraction of sp³-hybridized carbons (Fsp3) is 0.200. The van der Waals surface area contributed by atoms with Crippen LogP contribution in [-0.4, -0.2) is 18.9 Å². The van der Waals surface area contributed by atoms with Crippen molar-refractivity contribution in [2.75, 3.05) is 17.3 Å². The van der Waals surface area contributed by atoms with Gasteiger partial charge >= 0.3 is 0 Å². The van der Waals surface area contributed by atoms with Gasteiger partial charge in [-0.2, -0.15) is 0 Å². The SMILES string of the molecule is CN(C(=O)c1cccc(NC(=O)c2ccc(C(C)(C)C)cc2)c1)c1ccccc1. The van der Waals surface area contributed by atoms with Gasteiger partial charge in [-0.25, -0.2) is 0 Å². The van der Waals surface area contributed by atoms with E-state index in [4.69, 9.17) is 0 Å². The first-order chi connectivity index (χ1) is 13.8. The van der Waals surface area contributed by atoms with Crippen molar-refractivity contribution in [3.8, 4) is 0 Å². The molecule has 0 radical (unpaired) electrons. The lowest BCUT2D eigenvalue weighted by atomic mass is 9.87. The monoisotopic (exact) mass is 386 g/mol. The first-order valence-corrected chi connectivity index (χ1v) is 9.61. The topological polar surface area (TPSA) is 49.4 Å². The van der Waals surface area contributed by atoms with Crippen molar-refractivity contribution in [2.24, 2.45) is 0 Å². The number of hydrogen-bond acceptors (Lipinski definition) is 2. The van der Waals surface area contributed by atoms with E-state index in [1.165, 1.54) is 5.56 Å². The van der Waals surface area contributed by atoms with Gasteiger partial charge in [0.2, 0.25) is 0 Å². The molecule has 0 heterocycles. The summed E-state index contributed by atoms with van der Waals surface area (Å²) < 4.78 is 0. The summed E-state index contributed by atoms with van der Waals surface area (Å²) in [6.45, 7) is 6.41. The average molecular weight is 386 g/mol. The van der Waals surface area contributed by atoms with E-state index in [1.54, 1.807) is 36.2 Å². The molecule has 0 spiro atoms. The Morgan fingerprint density at radius 2 is 1.45 bits per heavy atom. The van der Waals surface area contributed by atoms with Crippen molar-refractivity contribution in [1.29, 1.82) is 0 Å². The number of rotatable bonds is 4. The Hall–Kier alpha value is -3.40. The summed E-state index contributed by atoms with van der Waals surface area (Å²) in [6.07, 6.45) is 0. The van der Waals surface area contributed by atoms with E-state index >= 15 is 0 Å². The zero-order valence-corrected chi connectivity index (χ0v) is 17.3. The largest absolute Gasteiger partial charge is 0.322 e. The van der Waals surface area contributed by atoms with E-state index in [1.807, 2.05) is 54.6 Å². The van der Waals surface area contributed by atoms with Crippen LogP contribution in [0.5, 0.6) is 0 Å². The molecule has 1 N–H and O–H groups in total. The van der Waals surface area contributed by atoms with Gasteiger partial charge in [-0.3, -0.25) is 9.59 Å². The molecule has 4 nitrogen and oxygen atoms in total. The van der Waals surface area contributed by atoms with Crippen molar-refractivity contribution in [3.05, 3.63) is 95.6 Å². The number of anilines is 2. The van der Waals surface area contributed by atoms with Gasteiger partial charge in [0.15, 0.2) is 0 Å². The van der Waals surface area contributed by atoms with Gasteiger partial charge < -0.3 is 10.2 Å². The lowest BCUT2D eigenvalue weighted by Gasteiger charge is -2.19. The Morgan fingerprint density at radius 1 is 0.793 bits per heavy atom. The third-order valence-electron chi connectivity index (χ3n) is 4.83. The predicted octanol–water partition coefficient (Wildman–Crippen LogP) is 5.51. The van der Waals surface area contributed by atoms with Gasteiger partial charge in [0.1, 0.15) is 0 Å². The van der Waals surface area contributed by atoms with Gasteiger partial charge in [0, 0.05) is 29.5 Å². The van der Waals surface area contributed by atoms with E-state index in [0.717, 1.165) is 5.69 Å². The number of nitrogens with one attached hydrogen (secondary N) is 1. The summed E-state index contributed by atoms with van der Waals surface area (Å²) in [5.74, 6) is -0.340. The summed E-state index contributed by atoms with van der Waals surface area (Å²) in [4.78, 5) is 27.0. The van der Waals surface area contributed by atoms with Crippen LogP contribution >= 0.6 is 0 Å². The van der Waals surface area contributed by atoms with Crippen LogP contribution in [0.15, 0.2) is 78.9 Å². The van der Waals surface area contributed by atoms with Crippen molar-refractivity contribution in [2.45, 2.75) is 26.2 Å². The molecule has 4 heteroatoms. The molecule has 3 rings (SSSR count). The molecule has 29 heavy (non-hydrogen) atoms. The summed E-state index contributed by atoms with van der Waals surface area (Å²) >= 11 is 0. The highest BCUT2D eigenvalue weighted by Crippen LogP contribution is 2.23. The van der Waals surface area contributed by atoms with E-state index in [-0.39, 0.29) is 17.2 Å². The minimum Gasteiger partial charge on any atom is -0.322 e. The molecule has 3 aromatic rings. The highest BCUT2D eigenvalue weighted by Gasteiger charge is 2.16. The van der Waals surface area contributed by atoms with Crippen LogP contribution in [0.3, 0.4) is 0 Å². The van der Waals surface area contributed by atoms with Gasteiger partial charge in [0.25, 0.3) is 11.8 Å². The highest BCUT2D eigenvalue weighted by molar-refractivity contribution is 6.08. The number of hydrogen-bond donors (Lipinski definition) is 1. The maximum Gasteiger partial charge on any atom is 0.258 e. The Bertz CT molecular complexity index is 1000. The molecule has 0 bridgehead atoms. The van der Waals surface area contributed by atoms with Crippen LogP contribution in [-0.2, 0) is 5.41 Å². The predicted molar refractivity (Wildman–Crippen MR) is 119 cm³/mol. The Balaban J connectivity index is 1.74. The second-order valence-electron chi connectivity index (χ2n) is 8.06. The smallest absolute Gasteiger partial charge is 0.258 e. The fourth-order valence-corrected chi connectivity index (χ4v) is 3.02. The molecule has 0 unspecified atom stereocenters. The third-order valence-corrected chi connectivity index (χ3v) is 4.83. The molecule has 148 valence electrons. The zero-order valence-electron chi connectivity index (χ0n) is 17.3. The van der Waals surface area contributed by atoms with Crippen LogP contribution in [0.4, 0.5) is 11.4 Å². The Kier molecular flexibility index (Phi) is 5.83. The molecule has 0 aliphatic carbocycles. The fourth-order valence-electron chi connectivity index (χ4n) is 3.02. The minimum absolute atomic E-state index is 0.0362. The van der Waals surface area contributed by atoms with E-state index < -0.39 is 0 Å². The Labute approximate surface area is 172 Å². The van der Waals surface area contributed by atoms with Gasteiger partial charge in [-0.15, -0.1) is 0 Å². The number of nitrogens with zero attached hydrogens (tertiary/aromatic N) is 1. The first-order valence-electron chi connectivity index (χ1n) is 9.61. The second kappa shape index (κ2) is 8.31. The molecule has 0 fully saturated rings. The van der Waals surface area contributed by atoms with E-state index in [9.17, 15) is 9.59 Å². The summed E-state index contributed by atoms with van der Waals surface area (Å²) in [7, 11) is 1.74. The molecule has 3 aromatic carbocycles. The molecule has 0 atom stereocenters. The standard InChI is InChI=1S/C25H26N2O2/c1-25(2,3)20-15-13-18(14-16-20)23(28)26-21-10-8-9-19(17-21)24(29)27(4)22-11-6-5-7-12-22/h5-17H,1-4H3,(H,26,28). The molecule has 0 aliphatic heterocycles. The molecule has 0 saturated heterocycles. The number of benzene rings is 3. The van der Waals surface area contributed by atoms with Gasteiger partial charge in [-0.05, 0) is 53.4 Å². The normalized spacial score (nSPS) is 11.0. The average Bonchev–Trinajstić information content (AvgIpc) is 2.73. The molecule has 0 aliphatic rings. The lowest BCUT2D eigenvalue weighted by Crippen LogP contribution is -2.26. The molecule has 0 aromatic heterocycles. The van der Waals surface area contributed by atoms with Crippen LogP contribution < -0.4 is 10.2 Å². The minimum atomic E-state index is -0.202. The number of para-hydroxylation sites is 1. The summed E-state index contributed by atoms with van der Waals surface area (Å²) in [5.41, 5.74) is 3.70. The van der Waals surface area contributed by atoms with Crippen molar-refractivity contribution in [1.82, 2.24) is 0 Å². The number of amides is 2. The molecule has 0 saturated carbocycles. The third kappa shape index (κ3) is 4.91. The van der Waals surface area contributed by atoms with Gasteiger partial charge in [-0.1, -0.05) is 57.2 Å². The van der Waals surface area contributed by atoms with Crippen LogP contribution in [0, 0.1) is 0 Å². The second-order valence-corrected chi connectivity index (χ2v) is 8.06. The Morgan fingerprint density at radius 3 is 2.07 bits per heavy atom. The van der Waals surface area contributed by atoms with Crippen molar-refractivity contribution in [3.63, 3.8) is 0 Å². The van der Waals surface area contributed by atoms with Crippen molar-refractivity contribution >= 4 is 23.2 Å². The molecular formula is C25H26N2O2. The maximum atomic E-state index is 12.8. The van der Waals surface area contributed by atoms with Gasteiger partial charge in [0.05, 0.1) is 0 Å². The van der Waals surface area contributed by atoms with E-state index in [0.29, 0.717) is 16.8 Å². The molecular weight excluding hydrogens is 360 g/mol. The van der Waals surface area contributed by atoms with Crippen LogP contribution in [0.25, 0.3) is 0 Å². The lowest BCUT2D eigenvalue weighted by molar-refractivity contribution is 0.0990. The quantitative estimate of drug-likeness (QED) is 0.642. The summed E-state index contributed by atoms with van der Waals surface area (Å²) in [6, 6.07) is 24.0. The number of carbonyl (C=O) groups excluding carboxylic acids is 2. The first kappa shape index (κ1) is 20.3. The summed E-state index contributed by atoms with van der Waals surface area (Å²) in [5, 5.41) is 2.88. The number of carbonyl (C=O) groups is 2. The highest BCUT2D eigenvalue weighted by atomic mass is 16.2. The van der Waals surface area contributed by atoms with E-state index in [2.05, 4.69) is 26.1 Å². The van der Waals surface area contributed by atoms with Crippen molar-refractivity contribution < 1.29 is 9.59 Å².